The number of likely N-dealkylation sites (N-methyl/N-ethyl adjacent to an activating group) is 1. The molecule has 0 aromatic heterocycles. The molecule has 4 rings (SSSR count). The average Bonchev–Trinajstić information content (AvgIpc) is 2.94. The highest BCUT2D eigenvalue weighted by Gasteiger charge is 2.20. The van der Waals surface area contributed by atoms with Crippen LogP contribution in [0.2, 0.25) is 0 Å². The number of anilines is 1. The minimum Gasteiger partial charge on any atom is -0.374 e. The van der Waals surface area contributed by atoms with E-state index in [1.807, 2.05) is 0 Å². The summed E-state index contributed by atoms with van der Waals surface area (Å²) in [5, 5.41) is 3.48. The molecule has 1 heterocycles. The monoisotopic (exact) mass is 292 g/mol. The first kappa shape index (κ1) is 13.8. The number of nitrogens with one attached hydrogen (secondary N) is 1. The first-order valence-electron chi connectivity index (χ1n) is 8.41. The second kappa shape index (κ2) is 5.44. The third kappa shape index (κ3) is 2.22. The van der Waals surface area contributed by atoms with Gasteiger partial charge in [0.2, 0.25) is 0 Å². The number of nitrogens with zero attached hydrogens (tertiary/aromatic N) is 1. The lowest BCUT2D eigenvalue weighted by Crippen LogP contribution is -2.21. The quantitative estimate of drug-likeness (QED) is 0.902. The second-order valence-electron chi connectivity index (χ2n) is 6.66. The Morgan fingerprint density at radius 2 is 1.82 bits per heavy atom. The molecule has 1 aliphatic carbocycles. The van der Waals surface area contributed by atoms with Crippen molar-refractivity contribution in [3.05, 3.63) is 53.1 Å². The Labute approximate surface area is 133 Å². The van der Waals surface area contributed by atoms with Gasteiger partial charge in [-0.1, -0.05) is 18.2 Å². The van der Waals surface area contributed by atoms with E-state index in [0.29, 0.717) is 6.04 Å². The first-order valence-corrected chi connectivity index (χ1v) is 8.41. The summed E-state index contributed by atoms with van der Waals surface area (Å²) in [5.41, 5.74) is 8.63. The molecule has 2 aromatic carbocycles. The lowest BCUT2D eigenvalue weighted by Gasteiger charge is -2.26. The van der Waals surface area contributed by atoms with Gasteiger partial charge in [-0.15, -0.1) is 0 Å². The van der Waals surface area contributed by atoms with Crippen molar-refractivity contribution in [2.45, 2.75) is 31.7 Å². The summed E-state index contributed by atoms with van der Waals surface area (Å²) in [7, 11) is 4.26. The summed E-state index contributed by atoms with van der Waals surface area (Å²) < 4.78 is 0. The van der Waals surface area contributed by atoms with Crippen molar-refractivity contribution in [3.63, 3.8) is 0 Å². The Balaban J connectivity index is 1.74. The van der Waals surface area contributed by atoms with Gasteiger partial charge in [0.05, 0.1) is 0 Å². The number of rotatable bonds is 2. The van der Waals surface area contributed by atoms with Crippen molar-refractivity contribution in [2.75, 3.05) is 25.5 Å². The molecule has 114 valence electrons. The topological polar surface area (TPSA) is 15.3 Å². The highest BCUT2D eigenvalue weighted by atomic mass is 15.1. The lowest BCUT2D eigenvalue weighted by atomic mass is 9.85. The van der Waals surface area contributed by atoms with Crippen LogP contribution in [0, 0.1) is 0 Å². The minimum atomic E-state index is 0.518. The number of benzene rings is 2. The molecular weight excluding hydrogens is 268 g/mol. The van der Waals surface area contributed by atoms with Crippen LogP contribution < -0.4 is 10.2 Å². The summed E-state index contributed by atoms with van der Waals surface area (Å²) in [6, 6.07) is 14.5. The van der Waals surface area contributed by atoms with Gasteiger partial charge in [-0.05, 0) is 78.7 Å². The molecule has 0 bridgehead atoms. The fourth-order valence-corrected chi connectivity index (χ4v) is 4.02. The summed E-state index contributed by atoms with van der Waals surface area (Å²) in [5.74, 6) is 0. The molecule has 2 heteroatoms. The Morgan fingerprint density at radius 1 is 1.00 bits per heavy atom. The fraction of sp³-hybridized carbons (Fsp3) is 0.400. The van der Waals surface area contributed by atoms with Gasteiger partial charge < -0.3 is 10.2 Å². The van der Waals surface area contributed by atoms with Crippen molar-refractivity contribution in [2.24, 2.45) is 0 Å². The van der Waals surface area contributed by atoms with Crippen LogP contribution in [0.4, 0.5) is 5.69 Å². The Hall–Kier alpha value is -1.80. The van der Waals surface area contributed by atoms with Crippen molar-refractivity contribution in [1.29, 1.82) is 0 Å². The fourth-order valence-electron chi connectivity index (χ4n) is 4.02. The van der Waals surface area contributed by atoms with E-state index in [-0.39, 0.29) is 0 Å². The van der Waals surface area contributed by atoms with E-state index in [1.165, 1.54) is 59.2 Å². The molecule has 22 heavy (non-hydrogen) atoms. The van der Waals surface area contributed by atoms with E-state index < -0.39 is 0 Å². The molecule has 0 saturated carbocycles. The zero-order valence-electron chi connectivity index (χ0n) is 13.5. The molecular formula is C20H24N2. The van der Waals surface area contributed by atoms with Gasteiger partial charge in [0, 0.05) is 25.3 Å². The molecule has 0 amide bonds. The van der Waals surface area contributed by atoms with Gasteiger partial charge in [-0.2, -0.15) is 0 Å². The zero-order valence-corrected chi connectivity index (χ0v) is 13.5. The van der Waals surface area contributed by atoms with Crippen LogP contribution in [0.1, 0.15) is 35.6 Å². The number of aryl methyl sites for hydroxylation is 1. The highest BCUT2D eigenvalue weighted by molar-refractivity contribution is 5.71. The molecule has 0 radical (unpaired) electrons. The molecule has 2 aliphatic rings. The Bertz CT molecular complexity index is 705. The molecule has 1 unspecified atom stereocenters. The van der Waals surface area contributed by atoms with Gasteiger partial charge >= 0.3 is 0 Å². The molecule has 1 atom stereocenters. The van der Waals surface area contributed by atoms with Crippen LogP contribution in [0.25, 0.3) is 11.1 Å². The van der Waals surface area contributed by atoms with E-state index in [1.54, 1.807) is 0 Å². The van der Waals surface area contributed by atoms with Crippen LogP contribution in [-0.4, -0.2) is 20.6 Å². The molecule has 1 aliphatic heterocycles. The van der Waals surface area contributed by atoms with E-state index in [0.717, 1.165) is 6.54 Å². The van der Waals surface area contributed by atoms with Gasteiger partial charge in [0.25, 0.3) is 0 Å². The average molecular weight is 292 g/mol. The van der Waals surface area contributed by atoms with Crippen LogP contribution in [0.3, 0.4) is 0 Å². The number of fused-ring (bicyclic) bond motifs is 2. The highest BCUT2D eigenvalue weighted by Crippen LogP contribution is 2.35. The van der Waals surface area contributed by atoms with Crippen molar-refractivity contribution in [1.82, 2.24) is 5.32 Å². The summed E-state index contributed by atoms with van der Waals surface area (Å²) in [4.78, 5) is 2.35. The van der Waals surface area contributed by atoms with E-state index in [2.05, 4.69) is 60.7 Å². The molecule has 0 saturated heterocycles. The van der Waals surface area contributed by atoms with E-state index in [4.69, 9.17) is 0 Å². The smallest absolute Gasteiger partial charge is 0.0397 e. The summed E-state index contributed by atoms with van der Waals surface area (Å²) >= 11 is 0. The molecule has 0 spiro atoms. The van der Waals surface area contributed by atoms with Crippen molar-refractivity contribution in [3.8, 4) is 11.1 Å². The normalized spacial score (nSPS) is 19.9. The van der Waals surface area contributed by atoms with Gasteiger partial charge in [-0.25, -0.2) is 0 Å². The largest absolute Gasteiger partial charge is 0.374 e. The SMILES string of the molecule is CNC1CCCc2ccc(-c3ccc4c(c3)CCN4C)cc21. The summed E-state index contributed by atoms with van der Waals surface area (Å²) in [6.45, 7) is 1.14. The van der Waals surface area contributed by atoms with E-state index in [9.17, 15) is 0 Å². The second-order valence-corrected chi connectivity index (χ2v) is 6.66. The molecule has 0 fully saturated rings. The maximum absolute atomic E-state index is 3.48. The lowest BCUT2D eigenvalue weighted by molar-refractivity contribution is 0.497. The van der Waals surface area contributed by atoms with Crippen LogP contribution in [0.15, 0.2) is 36.4 Å². The third-order valence-corrected chi connectivity index (χ3v) is 5.35. The molecule has 2 nitrogen and oxygen atoms in total. The van der Waals surface area contributed by atoms with Gasteiger partial charge in [-0.3, -0.25) is 0 Å². The predicted octanol–water partition coefficient (Wildman–Crippen LogP) is 3.94. The molecule has 2 aromatic rings. The maximum Gasteiger partial charge on any atom is 0.0397 e. The maximum atomic E-state index is 3.48. The first-order chi connectivity index (χ1) is 10.8. The van der Waals surface area contributed by atoms with E-state index >= 15 is 0 Å². The van der Waals surface area contributed by atoms with Crippen LogP contribution in [-0.2, 0) is 12.8 Å². The Kier molecular flexibility index (Phi) is 3.42. The van der Waals surface area contributed by atoms with Crippen LogP contribution in [0.5, 0.6) is 0 Å². The summed E-state index contributed by atoms with van der Waals surface area (Å²) in [6.07, 6.45) is 4.94. The third-order valence-electron chi connectivity index (χ3n) is 5.35. The van der Waals surface area contributed by atoms with Gasteiger partial charge in [0.15, 0.2) is 0 Å². The number of hydrogen-bond donors (Lipinski definition) is 1. The standard InChI is InChI=1S/C20H24N2/c1-21-19-5-3-4-14-6-7-16(13-18(14)19)15-8-9-20-17(12-15)10-11-22(20)2/h6-9,12-13,19,21H,3-5,10-11H2,1-2H3. The van der Waals surface area contributed by atoms with Gasteiger partial charge in [0.1, 0.15) is 0 Å². The Morgan fingerprint density at radius 3 is 2.68 bits per heavy atom. The predicted molar refractivity (Wildman–Crippen MR) is 93.6 cm³/mol. The minimum absolute atomic E-state index is 0.518. The molecule has 1 N–H and O–H groups in total. The zero-order chi connectivity index (χ0) is 15.1. The van der Waals surface area contributed by atoms with Crippen molar-refractivity contribution < 1.29 is 0 Å². The van der Waals surface area contributed by atoms with Crippen molar-refractivity contribution >= 4 is 5.69 Å². The van der Waals surface area contributed by atoms with Crippen LogP contribution >= 0.6 is 0 Å². The number of hydrogen-bond acceptors (Lipinski definition) is 2.